The van der Waals surface area contributed by atoms with Gasteiger partial charge in [0.2, 0.25) is 0 Å². The van der Waals surface area contributed by atoms with E-state index in [1.807, 2.05) is 12.4 Å². The fourth-order valence-electron chi connectivity index (χ4n) is 7.52. The van der Waals surface area contributed by atoms with E-state index < -0.39 is 0 Å². The number of anilines is 3. The smallest absolute Gasteiger partial charge is 0.137 e. The van der Waals surface area contributed by atoms with E-state index in [0.29, 0.717) is 0 Å². The van der Waals surface area contributed by atoms with Crippen LogP contribution in [0.1, 0.15) is 0 Å². The van der Waals surface area contributed by atoms with E-state index in [2.05, 4.69) is 192 Å². The van der Waals surface area contributed by atoms with Gasteiger partial charge in [0.25, 0.3) is 0 Å². The molecule has 244 valence electrons. The molecule has 52 heavy (non-hydrogen) atoms. The molecule has 0 aliphatic heterocycles. The van der Waals surface area contributed by atoms with Gasteiger partial charge in [0.1, 0.15) is 11.2 Å². The molecule has 0 saturated carbocycles. The molecule has 0 amide bonds. The average molecular weight is 665 g/mol. The molecule has 2 heterocycles. The molecule has 0 spiro atoms. The second kappa shape index (κ2) is 12.4. The number of hydrogen-bond acceptors (Lipinski definition) is 3. The van der Waals surface area contributed by atoms with E-state index in [4.69, 9.17) is 4.42 Å². The van der Waals surface area contributed by atoms with Crippen LogP contribution in [0.5, 0.6) is 0 Å². The SMILES string of the molecule is c1ccc(-c2cccc(N(c3ccc(-c4ccc5ccccc5c4)c(-c4ccccc4)c3)c3ccc4c(c3)oc3cc5cnccc5cc34)c2)cc1. The Morgan fingerprint density at radius 3 is 1.92 bits per heavy atom. The van der Waals surface area contributed by atoms with Crippen LogP contribution in [0.4, 0.5) is 17.1 Å². The fraction of sp³-hybridized carbons (Fsp3) is 0. The highest BCUT2D eigenvalue weighted by Gasteiger charge is 2.19. The van der Waals surface area contributed by atoms with Gasteiger partial charge < -0.3 is 9.32 Å². The Bertz CT molecular complexity index is 2910. The van der Waals surface area contributed by atoms with Crippen LogP contribution < -0.4 is 4.90 Å². The second-order valence-corrected chi connectivity index (χ2v) is 13.3. The van der Waals surface area contributed by atoms with Crippen LogP contribution in [0.3, 0.4) is 0 Å². The van der Waals surface area contributed by atoms with E-state index in [0.717, 1.165) is 55.3 Å². The monoisotopic (exact) mass is 664 g/mol. The number of furan rings is 1. The Kier molecular flexibility index (Phi) is 7.14. The van der Waals surface area contributed by atoms with Crippen LogP contribution in [0.25, 0.3) is 76.9 Å². The zero-order valence-electron chi connectivity index (χ0n) is 28.3. The van der Waals surface area contributed by atoms with Gasteiger partial charge in [-0.15, -0.1) is 0 Å². The van der Waals surface area contributed by atoms with Crippen LogP contribution in [-0.2, 0) is 0 Å². The summed E-state index contributed by atoms with van der Waals surface area (Å²) in [5.74, 6) is 0. The maximum absolute atomic E-state index is 6.57. The van der Waals surface area contributed by atoms with E-state index >= 15 is 0 Å². The second-order valence-electron chi connectivity index (χ2n) is 13.3. The van der Waals surface area contributed by atoms with Gasteiger partial charge in [-0.2, -0.15) is 0 Å². The summed E-state index contributed by atoms with van der Waals surface area (Å²) in [6, 6.07) is 65.1. The number of aromatic nitrogens is 1. The van der Waals surface area contributed by atoms with E-state index in [-0.39, 0.29) is 0 Å². The van der Waals surface area contributed by atoms with Crippen molar-refractivity contribution in [1.82, 2.24) is 4.98 Å². The number of benzene rings is 8. The van der Waals surface area contributed by atoms with Crippen molar-refractivity contribution in [2.24, 2.45) is 0 Å². The third kappa shape index (κ3) is 5.28. The van der Waals surface area contributed by atoms with Crippen molar-refractivity contribution in [3.8, 4) is 33.4 Å². The molecule has 0 atom stereocenters. The Balaban J connectivity index is 1.18. The molecule has 2 aromatic heterocycles. The summed E-state index contributed by atoms with van der Waals surface area (Å²) in [7, 11) is 0. The summed E-state index contributed by atoms with van der Waals surface area (Å²) in [6.45, 7) is 0. The number of rotatable bonds is 6. The average Bonchev–Trinajstić information content (AvgIpc) is 3.57. The van der Waals surface area contributed by atoms with Crippen LogP contribution in [0.2, 0.25) is 0 Å². The largest absolute Gasteiger partial charge is 0.456 e. The predicted octanol–water partition coefficient (Wildman–Crippen LogP) is 13.8. The maximum atomic E-state index is 6.57. The highest BCUT2D eigenvalue weighted by atomic mass is 16.3. The van der Waals surface area contributed by atoms with Crippen molar-refractivity contribution in [3.63, 3.8) is 0 Å². The minimum absolute atomic E-state index is 0.844. The molecule has 10 aromatic rings. The molecule has 0 saturated heterocycles. The lowest BCUT2D eigenvalue weighted by molar-refractivity contribution is 0.669. The lowest BCUT2D eigenvalue weighted by atomic mass is 9.92. The molecule has 0 fully saturated rings. The molecule has 0 aliphatic carbocycles. The summed E-state index contributed by atoms with van der Waals surface area (Å²) < 4.78 is 6.57. The Morgan fingerprint density at radius 2 is 1.06 bits per heavy atom. The summed E-state index contributed by atoms with van der Waals surface area (Å²) in [5.41, 5.74) is 11.9. The van der Waals surface area contributed by atoms with Crippen LogP contribution in [0.15, 0.2) is 199 Å². The topological polar surface area (TPSA) is 29.3 Å². The van der Waals surface area contributed by atoms with E-state index in [1.165, 1.54) is 38.6 Å². The molecule has 8 aromatic carbocycles. The van der Waals surface area contributed by atoms with Crippen LogP contribution in [-0.4, -0.2) is 4.98 Å². The standard InChI is InChI=1S/C49H32N2O/c1-3-10-33(11-4-1)37-16-9-17-41(27-37)51(43-21-23-45-47-28-38-24-25-50-32-40(38)29-48(47)52-49(45)31-43)42-20-22-44(46(30-42)35-13-5-2-6-14-35)39-19-18-34-12-7-8-15-36(34)26-39/h1-32H. The number of nitrogens with zero attached hydrogens (tertiary/aromatic N) is 2. The summed E-state index contributed by atoms with van der Waals surface area (Å²) in [6.07, 6.45) is 3.73. The quantitative estimate of drug-likeness (QED) is 0.177. The maximum Gasteiger partial charge on any atom is 0.137 e. The van der Waals surface area contributed by atoms with Crippen molar-refractivity contribution < 1.29 is 4.42 Å². The highest BCUT2D eigenvalue weighted by Crippen LogP contribution is 2.43. The first kappa shape index (κ1) is 29.9. The van der Waals surface area contributed by atoms with Gasteiger partial charge >= 0.3 is 0 Å². The third-order valence-corrected chi connectivity index (χ3v) is 10.1. The van der Waals surface area contributed by atoms with Gasteiger partial charge in [-0.1, -0.05) is 115 Å². The zero-order chi connectivity index (χ0) is 34.4. The molecule has 3 heteroatoms. The Morgan fingerprint density at radius 1 is 0.365 bits per heavy atom. The normalized spacial score (nSPS) is 11.5. The predicted molar refractivity (Wildman–Crippen MR) is 218 cm³/mol. The molecule has 3 nitrogen and oxygen atoms in total. The molecule has 0 bridgehead atoms. The lowest BCUT2D eigenvalue weighted by Gasteiger charge is -2.27. The van der Waals surface area contributed by atoms with Crippen molar-refractivity contribution in [2.75, 3.05) is 4.90 Å². The van der Waals surface area contributed by atoms with E-state index in [1.54, 1.807) is 0 Å². The van der Waals surface area contributed by atoms with Crippen LogP contribution in [0, 0.1) is 0 Å². The Hall–Kier alpha value is -6.97. The highest BCUT2D eigenvalue weighted by molar-refractivity contribution is 6.10. The van der Waals surface area contributed by atoms with Crippen molar-refractivity contribution in [3.05, 3.63) is 194 Å². The van der Waals surface area contributed by atoms with E-state index in [9.17, 15) is 0 Å². The zero-order valence-corrected chi connectivity index (χ0v) is 28.3. The van der Waals surface area contributed by atoms with Crippen molar-refractivity contribution in [2.45, 2.75) is 0 Å². The van der Waals surface area contributed by atoms with Crippen molar-refractivity contribution in [1.29, 1.82) is 0 Å². The molecule has 0 N–H and O–H groups in total. The molecular formula is C49H32N2O. The fourth-order valence-corrected chi connectivity index (χ4v) is 7.52. The first-order valence-electron chi connectivity index (χ1n) is 17.6. The van der Waals surface area contributed by atoms with Crippen LogP contribution >= 0.6 is 0 Å². The summed E-state index contributed by atoms with van der Waals surface area (Å²) in [4.78, 5) is 6.67. The number of hydrogen-bond donors (Lipinski definition) is 0. The summed E-state index contributed by atoms with van der Waals surface area (Å²) in [5, 5.41) is 6.86. The third-order valence-electron chi connectivity index (χ3n) is 10.1. The van der Waals surface area contributed by atoms with Gasteiger partial charge in [-0.25, -0.2) is 0 Å². The minimum atomic E-state index is 0.844. The molecule has 0 aliphatic rings. The molecule has 0 unspecified atom stereocenters. The van der Waals surface area contributed by atoms with Gasteiger partial charge in [0, 0.05) is 51.7 Å². The minimum Gasteiger partial charge on any atom is -0.456 e. The van der Waals surface area contributed by atoms with Crippen molar-refractivity contribution >= 4 is 60.5 Å². The molecule has 0 radical (unpaired) electrons. The summed E-state index contributed by atoms with van der Waals surface area (Å²) >= 11 is 0. The van der Waals surface area contributed by atoms with Gasteiger partial charge in [-0.3, -0.25) is 4.98 Å². The number of fused-ring (bicyclic) bond motifs is 5. The Labute approximate surface area is 301 Å². The first-order valence-corrected chi connectivity index (χ1v) is 17.6. The van der Waals surface area contributed by atoms with Gasteiger partial charge in [0.15, 0.2) is 0 Å². The molecular weight excluding hydrogens is 633 g/mol. The number of pyridine rings is 1. The lowest BCUT2D eigenvalue weighted by Crippen LogP contribution is -2.10. The van der Waals surface area contributed by atoms with Gasteiger partial charge in [0.05, 0.1) is 0 Å². The molecule has 10 rings (SSSR count). The first-order chi connectivity index (χ1) is 25.7. The van der Waals surface area contributed by atoms with Gasteiger partial charge in [-0.05, 0) is 110 Å².